The van der Waals surface area contributed by atoms with E-state index >= 15 is 0 Å². The summed E-state index contributed by atoms with van der Waals surface area (Å²) in [6.45, 7) is 0. The van der Waals surface area contributed by atoms with Gasteiger partial charge in [0.15, 0.2) is 0 Å². The molecule has 0 saturated heterocycles. The lowest BCUT2D eigenvalue weighted by atomic mass is 10.2. The minimum Gasteiger partial charge on any atom is -0.399 e. The molecule has 6 heteroatoms. The lowest BCUT2D eigenvalue weighted by Crippen LogP contribution is -1.90. The van der Waals surface area contributed by atoms with Crippen molar-refractivity contribution in [1.29, 1.82) is 0 Å². The Bertz CT molecular complexity index is 744. The van der Waals surface area contributed by atoms with Crippen LogP contribution < -0.4 is 5.73 Å². The van der Waals surface area contributed by atoms with E-state index in [1.165, 1.54) is 18.2 Å². The zero-order chi connectivity index (χ0) is 13.6. The maximum Gasteiger partial charge on any atom is 0.141 e. The summed E-state index contributed by atoms with van der Waals surface area (Å²) in [6, 6.07) is 7.19. The third kappa shape index (κ3) is 2.08. The average Bonchev–Trinajstić information content (AvgIpc) is 2.72. The third-order valence-electron chi connectivity index (χ3n) is 2.77. The SMILES string of the molecule is Nc1ccc(-c2nc3cc(Br)c(F)cc3[nH]2)c(F)c1. The molecular weight excluding hydrogens is 316 g/mol. The Morgan fingerprint density at radius 1 is 1.11 bits per heavy atom. The van der Waals surface area contributed by atoms with Crippen molar-refractivity contribution < 1.29 is 8.78 Å². The number of nitrogens with two attached hydrogens (primary N) is 1. The molecule has 0 aliphatic rings. The fourth-order valence-electron chi connectivity index (χ4n) is 1.86. The Kier molecular flexibility index (Phi) is 2.74. The quantitative estimate of drug-likeness (QED) is 0.668. The van der Waals surface area contributed by atoms with Crippen LogP contribution in [0.5, 0.6) is 0 Å². The summed E-state index contributed by atoms with van der Waals surface area (Å²) in [5.41, 5.74) is 7.19. The van der Waals surface area contributed by atoms with Gasteiger partial charge in [-0.2, -0.15) is 0 Å². The lowest BCUT2D eigenvalue weighted by Gasteiger charge is -1.99. The summed E-state index contributed by atoms with van der Waals surface area (Å²) in [5, 5.41) is 0. The first-order chi connectivity index (χ1) is 9.04. The molecule has 0 fully saturated rings. The highest BCUT2D eigenvalue weighted by molar-refractivity contribution is 9.10. The van der Waals surface area contributed by atoms with Crippen molar-refractivity contribution in [2.45, 2.75) is 0 Å². The van der Waals surface area contributed by atoms with E-state index in [-0.39, 0.29) is 0 Å². The van der Waals surface area contributed by atoms with E-state index in [1.54, 1.807) is 12.1 Å². The van der Waals surface area contributed by atoms with Gasteiger partial charge in [0.05, 0.1) is 21.1 Å². The Morgan fingerprint density at radius 3 is 2.63 bits per heavy atom. The number of hydrogen-bond acceptors (Lipinski definition) is 2. The molecule has 0 unspecified atom stereocenters. The van der Waals surface area contributed by atoms with Gasteiger partial charge in [0.2, 0.25) is 0 Å². The van der Waals surface area contributed by atoms with Crippen LogP contribution in [0.1, 0.15) is 0 Å². The van der Waals surface area contributed by atoms with Gasteiger partial charge in [0.25, 0.3) is 0 Å². The molecule has 0 spiro atoms. The van der Waals surface area contributed by atoms with Crippen molar-refractivity contribution in [3.63, 3.8) is 0 Å². The fourth-order valence-corrected chi connectivity index (χ4v) is 2.19. The van der Waals surface area contributed by atoms with Crippen LogP contribution in [0.2, 0.25) is 0 Å². The monoisotopic (exact) mass is 323 g/mol. The molecule has 0 aliphatic heterocycles. The molecule has 0 amide bonds. The fraction of sp³-hybridized carbons (Fsp3) is 0. The summed E-state index contributed by atoms with van der Waals surface area (Å²) >= 11 is 3.09. The maximum atomic E-state index is 13.8. The van der Waals surface area contributed by atoms with Crippen molar-refractivity contribution in [3.05, 3.63) is 46.4 Å². The van der Waals surface area contributed by atoms with E-state index in [0.29, 0.717) is 32.6 Å². The van der Waals surface area contributed by atoms with Crippen LogP contribution in [-0.4, -0.2) is 9.97 Å². The zero-order valence-corrected chi connectivity index (χ0v) is 11.1. The van der Waals surface area contributed by atoms with Crippen LogP contribution in [-0.2, 0) is 0 Å². The Labute approximate surface area is 115 Å². The number of aromatic amines is 1. The van der Waals surface area contributed by atoms with Crippen LogP contribution in [0, 0.1) is 11.6 Å². The average molecular weight is 324 g/mol. The summed E-state index contributed by atoms with van der Waals surface area (Å²) in [6.07, 6.45) is 0. The summed E-state index contributed by atoms with van der Waals surface area (Å²) in [5.74, 6) is -0.538. The van der Waals surface area contributed by atoms with Gasteiger partial charge in [0, 0.05) is 11.8 Å². The van der Waals surface area contributed by atoms with Crippen molar-refractivity contribution in [2.75, 3.05) is 5.73 Å². The second-order valence-corrected chi connectivity index (χ2v) is 4.96. The van der Waals surface area contributed by atoms with Crippen molar-refractivity contribution in [1.82, 2.24) is 9.97 Å². The van der Waals surface area contributed by atoms with Crippen molar-refractivity contribution in [3.8, 4) is 11.4 Å². The number of benzene rings is 2. The molecule has 96 valence electrons. The van der Waals surface area contributed by atoms with Gasteiger partial charge >= 0.3 is 0 Å². The molecule has 0 radical (unpaired) electrons. The number of imidazole rings is 1. The van der Waals surface area contributed by atoms with Gasteiger partial charge in [0.1, 0.15) is 17.5 Å². The highest BCUT2D eigenvalue weighted by Gasteiger charge is 2.12. The first-order valence-electron chi connectivity index (χ1n) is 5.45. The van der Waals surface area contributed by atoms with Gasteiger partial charge < -0.3 is 10.7 Å². The minimum absolute atomic E-state index is 0.293. The zero-order valence-electron chi connectivity index (χ0n) is 9.55. The molecule has 3 rings (SSSR count). The molecule has 0 aliphatic carbocycles. The van der Waals surface area contributed by atoms with Crippen LogP contribution in [0.15, 0.2) is 34.8 Å². The molecule has 0 saturated carbocycles. The van der Waals surface area contributed by atoms with E-state index in [4.69, 9.17) is 5.73 Å². The van der Waals surface area contributed by atoms with Crippen LogP contribution in [0.25, 0.3) is 22.4 Å². The Balaban J connectivity index is 2.20. The van der Waals surface area contributed by atoms with Crippen LogP contribution in [0.3, 0.4) is 0 Å². The molecular formula is C13H8BrF2N3. The molecule has 2 aromatic carbocycles. The van der Waals surface area contributed by atoms with Crippen molar-refractivity contribution >= 4 is 32.7 Å². The molecule has 3 aromatic rings. The molecule has 1 heterocycles. The number of nitrogens with one attached hydrogen (secondary N) is 1. The number of nitrogens with zero attached hydrogens (tertiary/aromatic N) is 1. The van der Waals surface area contributed by atoms with Gasteiger partial charge in [-0.25, -0.2) is 13.8 Å². The van der Waals surface area contributed by atoms with Gasteiger partial charge in [-0.3, -0.25) is 0 Å². The van der Waals surface area contributed by atoms with Gasteiger partial charge in [-0.1, -0.05) is 0 Å². The highest BCUT2D eigenvalue weighted by atomic mass is 79.9. The minimum atomic E-state index is -0.474. The molecule has 0 bridgehead atoms. The normalized spacial score (nSPS) is 11.1. The largest absolute Gasteiger partial charge is 0.399 e. The molecule has 3 nitrogen and oxygen atoms in total. The second-order valence-electron chi connectivity index (χ2n) is 4.11. The van der Waals surface area contributed by atoms with Crippen LogP contribution >= 0.6 is 15.9 Å². The number of halogens is 3. The summed E-state index contributed by atoms with van der Waals surface area (Å²) in [7, 11) is 0. The molecule has 3 N–H and O–H groups in total. The Morgan fingerprint density at radius 2 is 1.89 bits per heavy atom. The summed E-state index contributed by atoms with van der Waals surface area (Å²) in [4.78, 5) is 7.13. The number of aromatic nitrogens is 2. The highest BCUT2D eigenvalue weighted by Crippen LogP contribution is 2.27. The number of fused-ring (bicyclic) bond motifs is 1. The number of H-pyrrole nitrogens is 1. The van der Waals surface area contributed by atoms with E-state index in [2.05, 4.69) is 25.9 Å². The number of hydrogen-bond donors (Lipinski definition) is 2. The topological polar surface area (TPSA) is 54.7 Å². The van der Waals surface area contributed by atoms with Gasteiger partial charge in [-0.15, -0.1) is 0 Å². The first-order valence-corrected chi connectivity index (χ1v) is 6.24. The third-order valence-corrected chi connectivity index (χ3v) is 3.38. The predicted molar refractivity (Wildman–Crippen MR) is 73.6 cm³/mol. The molecule has 1 aromatic heterocycles. The Hall–Kier alpha value is -1.95. The number of nitrogen functional groups attached to an aromatic ring is 1. The maximum absolute atomic E-state index is 13.8. The van der Waals surface area contributed by atoms with E-state index in [0.717, 1.165) is 0 Å². The second kappa shape index (κ2) is 4.31. The van der Waals surface area contributed by atoms with E-state index < -0.39 is 11.6 Å². The van der Waals surface area contributed by atoms with E-state index in [1.807, 2.05) is 0 Å². The molecule has 0 atom stereocenters. The molecule has 19 heavy (non-hydrogen) atoms. The number of rotatable bonds is 1. The predicted octanol–water partition coefficient (Wildman–Crippen LogP) is 3.85. The first kappa shape index (κ1) is 12.1. The summed E-state index contributed by atoms with van der Waals surface area (Å²) < 4.78 is 27.5. The lowest BCUT2D eigenvalue weighted by molar-refractivity contribution is 0.623. The van der Waals surface area contributed by atoms with Crippen LogP contribution in [0.4, 0.5) is 14.5 Å². The van der Waals surface area contributed by atoms with Crippen molar-refractivity contribution in [2.24, 2.45) is 0 Å². The smallest absolute Gasteiger partial charge is 0.141 e. The standard InChI is InChI=1S/C13H8BrF2N3/c14-8-4-11-12(5-10(8)16)19-13(18-11)7-2-1-6(17)3-9(7)15/h1-5H,17H2,(H,18,19). The number of anilines is 1. The van der Waals surface area contributed by atoms with E-state index in [9.17, 15) is 8.78 Å². The van der Waals surface area contributed by atoms with Gasteiger partial charge in [-0.05, 0) is 40.2 Å².